The Kier molecular flexibility index (Phi) is 8.15. The molecular formula is C23H29BrN4O5. The van der Waals surface area contributed by atoms with Crippen molar-refractivity contribution in [3.05, 3.63) is 46.6 Å². The molecule has 9 nitrogen and oxygen atoms in total. The first kappa shape index (κ1) is 24.8. The van der Waals surface area contributed by atoms with Crippen molar-refractivity contribution in [1.29, 1.82) is 0 Å². The van der Waals surface area contributed by atoms with E-state index in [0.717, 1.165) is 0 Å². The van der Waals surface area contributed by atoms with E-state index in [1.54, 1.807) is 62.5 Å². The van der Waals surface area contributed by atoms with Gasteiger partial charge in [-0.1, -0.05) is 13.0 Å². The van der Waals surface area contributed by atoms with Crippen LogP contribution in [0.25, 0.3) is 0 Å². The number of pyridine rings is 1. The molecule has 3 amide bonds. The molecule has 0 aliphatic carbocycles. The van der Waals surface area contributed by atoms with Gasteiger partial charge in [-0.25, -0.2) is 9.78 Å². The summed E-state index contributed by atoms with van der Waals surface area (Å²) >= 11 is 3.36. The summed E-state index contributed by atoms with van der Waals surface area (Å²) in [7, 11) is 3.25. The van der Waals surface area contributed by atoms with E-state index < -0.39 is 6.10 Å². The Labute approximate surface area is 201 Å². The first-order valence-electron chi connectivity index (χ1n) is 10.6. The molecule has 0 saturated heterocycles. The van der Waals surface area contributed by atoms with Crippen LogP contribution in [0, 0.1) is 5.92 Å². The zero-order valence-corrected chi connectivity index (χ0v) is 20.7. The normalized spacial score (nSPS) is 19.0. The number of urea groups is 1. The average Bonchev–Trinajstić information content (AvgIpc) is 2.81. The Morgan fingerprint density at radius 1 is 1.45 bits per heavy atom. The molecule has 1 aliphatic heterocycles. The first-order valence-corrected chi connectivity index (χ1v) is 11.4. The lowest BCUT2D eigenvalue weighted by Crippen LogP contribution is -2.50. The average molecular weight is 521 g/mol. The monoisotopic (exact) mass is 520 g/mol. The molecule has 2 heterocycles. The van der Waals surface area contributed by atoms with Crippen molar-refractivity contribution in [3.63, 3.8) is 0 Å². The van der Waals surface area contributed by atoms with Crippen LogP contribution in [0.5, 0.6) is 11.6 Å². The summed E-state index contributed by atoms with van der Waals surface area (Å²) in [5, 5.41) is 12.5. The number of aliphatic hydroxyl groups is 1. The summed E-state index contributed by atoms with van der Waals surface area (Å²) in [4.78, 5) is 33.4. The Morgan fingerprint density at radius 3 is 2.91 bits per heavy atom. The van der Waals surface area contributed by atoms with Gasteiger partial charge in [0.2, 0.25) is 5.88 Å². The van der Waals surface area contributed by atoms with Crippen molar-refractivity contribution in [2.75, 3.05) is 39.2 Å². The Balaban J connectivity index is 1.81. The molecule has 0 fully saturated rings. The summed E-state index contributed by atoms with van der Waals surface area (Å²) in [5.41, 5.74) is 0.924. The number of carbonyl (C=O) groups excluding carboxylic acids is 2. The third-order valence-electron chi connectivity index (χ3n) is 5.61. The molecule has 2 N–H and O–H groups in total. The number of nitrogens with zero attached hydrogens (tertiary/aromatic N) is 3. The highest BCUT2D eigenvalue weighted by atomic mass is 79.9. The second-order valence-corrected chi connectivity index (χ2v) is 9.09. The van der Waals surface area contributed by atoms with Crippen LogP contribution in [0.3, 0.4) is 0 Å². The predicted molar refractivity (Wildman–Crippen MR) is 128 cm³/mol. The van der Waals surface area contributed by atoms with Gasteiger partial charge in [0.25, 0.3) is 5.91 Å². The topological polar surface area (TPSA) is 104 Å². The molecule has 1 aromatic carbocycles. The van der Waals surface area contributed by atoms with Gasteiger partial charge in [0, 0.05) is 41.9 Å². The van der Waals surface area contributed by atoms with Crippen LogP contribution in [0.15, 0.2) is 41.0 Å². The van der Waals surface area contributed by atoms with Gasteiger partial charge in [0.15, 0.2) is 0 Å². The van der Waals surface area contributed by atoms with Gasteiger partial charge in [-0.05, 0) is 41.1 Å². The van der Waals surface area contributed by atoms with E-state index in [2.05, 4.69) is 26.2 Å². The smallest absolute Gasteiger partial charge is 0.321 e. The van der Waals surface area contributed by atoms with E-state index in [0.29, 0.717) is 28.0 Å². The van der Waals surface area contributed by atoms with Crippen LogP contribution in [0.1, 0.15) is 24.2 Å². The quantitative estimate of drug-likeness (QED) is 0.605. The number of benzene rings is 1. The summed E-state index contributed by atoms with van der Waals surface area (Å²) < 4.78 is 12.0. The number of anilines is 1. The zero-order chi connectivity index (χ0) is 24.1. The zero-order valence-electron chi connectivity index (χ0n) is 19.1. The Bertz CT molecular complexity index is 1000. The van der Waals surface area contributed by atoms with Crippen molar-refractivity contribution in [2.24, 2.45) is 5.92 Å². The van der Waals surface area contributed by atoms with Crippen molar-refractivity contribution in [3.8, 4) is 11.6 Å². The second-order valence-electron chi connectivity index (χ2n) is 8.17. The molecular weight excluding hydrogens is 492 g/mol. The Morgan fingerprint density at radius 2 is 2.21 bits per heavy atom. The lowest BCUT2D eigenvalue weighted by molar-refractivity contribution is 0.0356. The fraction of sp³-hybridized carbons (Fsp3) is 0.435. The maximum absolute atomic E-state index is 13.2. The fourth-order valence-corrected chi connectivity index (χ4v) is 3.90. The van der Waals surface area contributed by atoms with Crippen LogP contribution in [-0.2, 0) is 0 Å². The van der Waals surface area contributed by atoms with Crippen molar-refractivity contribution < 1.29 is 24.2 Å². The van der Waals surface area contributed by atoms with Crippen molar-refractivity contribution in [1.82, 2.24) is 14.8 Å². The molecule has 0 spiro atoms. The number of aliphatic hydroxyl groups excluding tert-OH is 1. The summed E-state index contributed by atoms with van der Waals surface area (Å²) in [6, 6.07) is 8.09. The van der Waals surface area contributed by atoms with E-state index in [-0.39, 0.29) is 42.9 Å². The predicted octanol–water partition coefficient (Wildman–Crippen LogP) is 3.24. The molecule has 1 aromatic heterocycles. The largest absolute Gasteiger partial charge is 0.497 e. The molecule has 33 heavy (non-hydrogen) atoms. The molecule has 3 rings (SSSR count). The second kappa shape index (κ2) is 10.8. The van der Waals surface area contributed by atoms with Crippen molar-refractivity contribution >= 4 is 33.6 Å². The van der Waals surface area contributed by atoms with Crippen LogP contribution in [-0.4, -0.2) is 77.8 Å². The fourth-order valence-electron chi connectivity index (χ4n) is 3.57. The maximum atomic E-state index is 13.2. The molecule has 2 aromatic rings. The number of ether oxygens (including phenoxy) is 2. The lowest BCUT2D eigenvalue weighted by atomic mass is 10.0. The highest BCUT2D eigenvalue weighted by Crippen LogP contribution is 2.28. The van der Waals surface area contributed by atoms with Gasteiger partial charge in [-0.2, -0.15) is 0 Å². The molecule has 1 aliphatic rings. The van der Waals surface area contributed by atoms with Gasteiger partial charge in [0.1, 0.15) is 17.4 Å². The van der Waals surface area contributed by atoms with Gasteiger partial charge < -0.3 is 29.7 Å². The van der Waals surface area contributed by atoms with Crippen LogP contribution < -0.4 is 14.8 Å². The van der Waals surface area contributed by atoms with E-state index in [1.165, 1.54) is 4.90 Å². The number of likely N-dealkylation sites (N-methyl/N-ethyl adjacent to an activating group) is 1. The van der Waals surface area contributed by atoms with Gasteiger partial charge in [-0.3, -0.25) is 4.79 Å². The number of hydrogen-bond donors (Lipinski definition) is 2. The van der Waals surface area contributed by atoms with Crippen LogP contribution >= 0.6 is 15.9 Å². The van der Waals surface area contributed by atoms with E-state index in [9.17, 15) is 14.7 Å². The molecule has 0 bridgehead atoms. The number of rotatable bonds is 6. The first-order chi connectivity index (χ1) is 15.7. The van der Waals surface area contributed by atoms with E-state index in [1.807, 2.05) is 6.92 Å². The molecule has 10 heteroatoms. The number of methoxy groups -OCH3 is 1. The van der Waals surface area contributed by atoms with Crippen molar-refractivity contribution in [2.45, 2.75) is 26.0 Å². The molecule has 3 atom stereocenters. The summed E-state index contributed by atoms with van der Waals surface area (Å²) in [5.74, 6) is 0.462. The molecule has 178 valence electrons. The number of hydrogen-bond acceptors (Lipinski definition) is 6. The number of halogens is 1. The SMILES string of the molecule is COc1cccc(NC(=O)N(C)C[C@H]2Oc3ncc(Br)cc3C(=O)N([C@H](C)CO)C[C@H]2C)c1. The number of nitrogens with one attached hydrogen (secondary N) is 1. The molecule has 0 unspecified atom stereocenters. The summed E-state index contributed by atoms with van der Waals surface area (Å²) in [6.07, 6.45) is 1.13. The minimum absolute atomic E-state index is 0.131. The van der Waals surface area contributed by atoms with Crippen LogP contribution in [0.4, 0.5) is 10.5 Å². The van der Waals surface area contributed by atoms with E-state index >= 15 is 0 Å². The summed E-state index contributed by atoms with van der Waals surface area (Å²) in [6.45, 7) is 4.21. The highest BCUT2D eigenvalue weighted by molar-refractivity contribution is 9.10. The van der Waals surface area contributed by atoms with Gasteiger partial charge in [0.05, 0.1) is 26.3 Å². The standard InChI is InChI=1S/C23H29BrN4O5/c1-14-11-28(15(2)13-29)22(30)19-8-16(24)10-25-21(19)33-20(14)12-27(3)23(31)26-17-6-5-7-18(9-17)32-4/h5-10,14-15,20,29H,11-13H2,1-4H3,(H,26,31)/t14-,15-,20-/m1/s1. The number of carbonyl (C=O) groups is 2. The number of amides is 3. The van der Waals surface area contributed by atoms with Gasteiger partial charge >= 0.3 is 6.03 Å². The third-order valence-corrected chi connectivity index (χ3v) is 6.04. The van der Waals surface area contributed by atoms with Crippen LogP contribution in [0.2, 0.25) is 0 Å². The molecule has 0 radical (unpaired) electrons. The maximum Gasteiger partial charge on any atom is 0.321 e. The minimum atomic E-state index is -0.431. The van der Waals surface area contributed by atoms with E-state index in [4.69, 9.17) is 9.47 Å². The van der Waals surface area contributed by atoms with Gasteiger partial charge in [-0.15, -0.1) is 0 Å². The molecule has 0 saturated carbocycles. The minimum Gasteiger partial charge on any atom is -0.497 e. The lowest BCUT2D eigenvalue weighted by Gasteiger charge is -2.37. The Hall–Kier alpha value is -2.85. The third kappa shape index (κ3) is 5.94. The number of aromatic nitrogens is 1. The number of fused-ring (bicyclic) bond motifs is 1. The highest BCUT2D eigenvalue weighted by Gasteiger charge is 2.34.